The third-order valence-electron chi connectivity index (χ3n) is 6.58. The van der Waals surface area contributed by atoms with Crippen LogP contribution < -0.4 is 24.4 Å². The third kappa shape index (κ3) is 5.86. The molecule has 4 aromatic rings. The molecule has 0 aliphatic carbocycles. The van der Waals surface area contributed by atoms with Crippen molar-refractivity contribution >= 4 is 46.6 Å². The van der Waals surface area contributed by atoms with Gasteiger partial charge in [-0.25, -0.2) is 14.2 Å². The number of aromatic nitrogens is 1. The average molecular weight is 628 g/mol. The molecule has 5 rings (SSSR count). The minimum Gasteiger partial charge on any atom is -0.493 e. The standard InChI is InChI=1S/C31H25Cl2FN2O5S/c1-4-40-30(38)26-17(2)35-31-36(27(26)19-9-11-21(34)12-10-19)29(37)25(42-31)15-18-13-23(33)28(24(14-18)39-3)41-16-20-7-5-6-8-22(20)32/h5-15,27H,4,16H2,1-3H3/b25-15-/t27-/m1/s1. The molecule has 0 fully saturated rings. The summed E-state index contributed by atoms with van der Waals surface area (Å²) >= 11 is 14.0. The molecule has 0 N–H and O–H groups in total. The van der Waals surface area contributed by atoms with E-state index in [-0.39, 0.29) is 29.4 Å². The summed E-state index contributed by atoms with van der Waals surface area (Å²) in [5, 5.41) is 0.852. The van der Waals surface area contributed by atoms with Gasteiger partial charge in [-0.15, -0.1) is 0 Å². The molecule has 0 saturated carbocycles. The Morgan fingerprint density at radius 2 is 1.86 bits per heavy atom. The molecule has 0 saturated heterocycles. The lowest BCUT2D eigenvalue weighted by molar-refractivity contribution is -0.139. The zero-order chi connectivity index (χ0) is 30.0. The van der Waals surface area contributed by atoms with Crippen molar-refractivity contribution in [2.24, 2.45) is 4.99 Å². The molecule has 1 aliphatic rings. The van der Waals surface area contributed by atoms with Gasteiger partial charge >= 0.3 is 5.97 Å². The number of thiazole rings is 1. The third-order valence-corrected chi connectivity index (χ3v) is 8.21. The number of esters is 1. The van der Waals surface area contributed by atoms with Gasteiger partial charge < -0.3 is 14.2 Å². The van der Waals surface area contributed by atoms with E-state index >= 15 is 0 Å². The zero-order valence-corrected chi connectivity index (χ0v) is 25.1. The van der Waals surface area contributed by atoms with Crippen molar-refractivity contribution in [1.82, 2.24) is 4.57 Å². The maximum Gasteiger partial charge on any atom is 0.338 e. The highest BCUT2D eigenvalue weighted by Gasteiger charge is 2.33. The number of ether oxygens (including phenoxy) is 3. The normalized spacial score (nSPS) is 14.8. The van der Waals surface area contributed by atoms with Crippen molar-refractivity contribution in [3.8, 4) is 11.5 Å². The van der Waals surface area contributed by atoms with Gasteiger partial charge in [0.15, 0.2) is 16.3 Å². The van der Waals surface area contributed by atoms with Gasteiger partial charge in [0, 0.05) is 10.6 Å². The largest absolute Gasteiger partial charge is 0.493 e. The SMILES string of the molecule is CCOC(=O)C1=C(C)N=c2s/c(=C\c3cc(Cl)c(OCc4ccccc4Cl)c(OC)c3)c(=O)n2[C@@H]1c1ccc(F)cc1. The fraction of sp³-hybridized carbons (Fsp3) is 0.194. The van der Waals surface area contributed by atoms with E-state index in [4.69, 9.17) is 37.4 Å². The van der Waals surface area contributed by atoms with E-state index in [0.717, 1.165) is 16.9 Å². The summed E-state index contributed by atoms with van der Waals surface area (Å²) in [4.78, 5) is 31.8. The van der Waals surface area contributed by atoms with Gasteiger partial charge in [0.25, 0.3) is 5.56 Å². The predicted octanol–water partition coefficient (Wildman–Crippen LogP) is 5.83. The number of rotatable bonds is 8. The molecule has 1 aromatic heterocycles. The van der Waals surface area contributed by atoms with Gasteiger partial charge in [0.1, 0.15) is 12.4 Å². The summed E-state index contributed by atoms with van der Waals surface area (Å²) in [5.41, 5.74) is 2.18. The second kappa shape index (κ2) is 12.5. The van der Waals surface area contributed by atoms with Crippen LogP contribution in [0.4, 0.5) is 4.39 Å². The number of benzene rings is 3. The Hall–Kier alpha value is -3.92. The Morgan fingerprint density at radius 3 is 2.55 bits per heavy atom. The van der Waals surface area contributed by atoms with E-state index < -0.39 is 17.8 Å². The highest BCUT2D eigenvalue weighted by atomic mass is 35.5. The minimum atomic E-state index is -0.846. The Kier molecular flexibility index (Phi) is 8.82. The van der Waals surface area contributed by atoms with Crippen molar-refractivity contribution in [3.05, 3.63) is 124 Å². The van der Waals surface area contributed by atoms with E-state index in [9.17, 15) is 14.0 Å². The molecule has 0 bridgehead atoms. The van der Waals surface area contributed by atoms with E-state index in [2.05, 4.69) is 4.99 Å². The van der Waals surface area contributed by atoms with Crippen LogP contribution in [-0.2, 0) is 16.1 Å². The molecule has 42 heavy (non-hydrogen) atoms. The Morgan fingerprint density at radius 1 is 1.12 bits per heavy atom. The molecule has 7 nitrogen and oxygen atoms in total. The Labute approximate surface area is 254 Å². The van der Waals surface area contributed by atoms with Gasteiger partial charge in [-0.05, 0) is 61.4 Å². The van der Waals surface area contributed by atoms with Crippen LogP contribution in [0.5, 0.6) is 11.5 Å². The van der Waals surface area contributed by atoms with Crippen molar-refractivity contribution < 1.29 is 23.4 Å². The summed E-state index contributed by atoms with van der Waals surface area (Å²) in [5.74, 6) is -0.317. The molecule has 3 aromatic carbocycles. The number of halogens is 3. The van der Waals surface area contributed by atoms with Gasteiger partial charge in [0.2, 0.25) is 0 Å². The van der Waals surface area contributed by atoms with Crippen molar-refractivity contribution in [2.45, 2.75) is 26.5 Å². The van der Waals surface area contributed by atoms with E-state index in [1.165, 1.54) is 23.8 Å². The first-order valence-corrected chi connectivity index (χ1v) is 14.5. The summed E-state index contributed by atoms with van der Waals surface area (Å²) < 4.78 is 32.3. The average Bonchev–Trinajstić information content (AvgIpc) is 3.26. The number of hydrogen-bond donors (Lipinski definition) is 0. The monoisotopic (exact) mass is 626 g/mol. The molecular weight excluding hydrogens is 602 g/mol. The molecule has 2 heterocycles. The topological polar surface area (TPSA) is 79.1 Å². The van der Waals surface area contributed by atoms with E-state index in [0.29, 0.717) is 42.7 Å². The molecule has 11 heteroatoms. The van der Waals surface area contributed by atoms with Crippen LogP contribution in [0.3, 0.4) is 0 Å². The second-order valence-corrected chi connectivity index (χ2v) is 11.1. The summed E-state index contributed by atoms with van der Waals surface area (Å²) in [6.07, 6.45) is 1.67. The smallest absolute Gasteiger partial charge is 0.338 e. The fourth-order valence-corrected chi connectivity index (χ4v) is 6.14. The van der Waals surface area contributed by atoms with Gasteiger partial charge in [-0.2, -0.15) is 0 Å². The number of allylic oxidation sites excluding steroid dienone is 1. The highest BCUT2D eigenvalue weighted by molar-refractivity contribution is 7.07. The molecule has 0 radical (unpaired) electrons. The van der Waals surface area contributed by atoms with Crippen LogP contribution in [0, 0.1) is 5.82 Å². The highest BCUT2D eigenvalue weighted by Crippen LogP contribution is 2.37. The fourth-order valence-electron chi connectivity index (χ4n) is 4.63. The van der Waals surface area contributed by atoms with Crippen LogP contribution in [0.25, 0.3) is 6.08 Å². The number of hydrogen-bond acceptors (Lipinski definition) is 7. The van der Waals surface area contributed by atoms with Gasteiger partial charge in [-0.1, -0.05) is 64.9 Å². The van der Waals surface area contributed by atoms with Gasteiger partial charge in [0.05, 0.1) is 40.6 Å². The van der Waals surface area contributed by atoms with E-state index in [1.807, 2.05) is 18.2 Å². The Bertz CT molecular complexity index is 1880. The number of fused-ring (bicyclic) bond motifs is 1. The minimum absolute atomic E-state index is 0.150. The first kappa shape index (κ1) is 29.6. The molecule has 0 unspecified atom stereocenters. The van der Waals surface area contributed by atoms with Crippen molar-refractivity contribution in [2.75, 3.05) is 13.7 Å². The zero-order valence-electron chi connectivity index (χ0n) is 22.8. The van der Waals surface area contributed by atoms with Crippen LogP contribution in [0.1, 0.15) is 36.6 Å². The number of nitrogens with zero attached hydrogens (tertiary/aromatic N) is 2. The maximum atomic E-state index is 13.8. The van der Waals surface area contributed by atoms with Crippen molar-refractivity contribution in [1.29, 1.82) is 0 Å². The molecule has 0 spiro atoms. The molecule has 0 amide bonds. The predicted molar refractivity (Wildman–Crippen MR) is 161 cm³/mol. The lowest BCUT2D eigenvalue weighted by Gasteiger charge is -2.24. The quantitative estimate of drug-likeness (QED) is 0.230. The number of carbonyl (C=O) groups excluding carboxylic acids is 1. The lowest BCUT2D eigenvalue weighted by atomic mass is 9.96. The van der Waals surface area contributed by atoms with Crippen molar-refractivity contribution in [3.63, 3.8) is 0 Å². The molecule has 1 aliphatic heterocycles. The first-order chi connectivity index (χ1) is 20.2. The summed E-state index contributed by atoms with van der Waals surface area (Å²) in [6, 6.07) is 15.5. The van der Waals surface area contributed by atoms with E-state index in [1.54, 1.807) is 50.3 Å². The first-order valence-electron chi connectivity index (χ1n) is 12.9. The molecule has 1 atom stereocenters. The van der Waals surface area contributed by atoms with Crippen LogP contribution >= 0.6 is 34.5 Å². The van der Waals surface area contributed by atoms with Gasteiger partial charge in [-0.3, -0.25) is 9.36 Å². The molecular formula is C31H25Cl2FN2O5S. The second-order valence-electron chi connectivity index (χ2n) is 9.27. The van der Waals surface area contributed by atoms with Crippen LogP contribution in [0.2, 0.25) is 10.0 Å². The maximum absolute atomic E-state index is 13.8. The van der Waals surface area contributed by atoms with Crippen LogP contribution in [-0.4, -0.2) is 24.3 Å². The van der Waals surface area contributed by atoms with Crippen LogP contribution in [0.15, 0.2) is 81.7 Å². The number of methoxy groups -OCH3 is 1. The lowest BCUT2D eigenvalue weighted by Crippen LogP contribution is -2.39. The summed E-state index contributed by atoms with van der Waals surface area (Å²) in [6.45, 7) is 3.71. The molecule has 216 valence electrons. The Balaban J connectivity index is 1.58. The number of carbonyl (C=O) groups is 1. The summed E-state index contributed by atoms with van der Waals surface area (Å²) in [7, 11) is 1.49.